The average Bonchev–Trinajstić information content (AvgIpc) is 2.95. The molecule has 0 bridgehead atoms. The van der Waals surface area contributed by atoms with Gasteiger partial charge in [0.1, 0.15) is 11.5 Å². The van der Waals surface area contributed by atoms with E-state index in [2.05, 4.69) is 20.1 Å². The fourth-order valence-electron chi connectivity index (χ4n) is 2.14. The van der Waals surface area contributed by atoms with Crippen molar-refractivity contribution in [2.45, 2.75) is 0 Å². The normalized spacial score (nSPS) is 10.0. The van der Waals surface area contributed by atoms with Crippen LogP contribution in [0.15, 0.2) is 60.0 Å². The lowest BCUT2D eigenvalue weighted by Gasteiger charge is -2.02. The largest absolute Gasteiger partial charge is 0.298 e. The van der Waals surface area contributed by atoms with E-state index in [9.17, 15) is 4.79 Å². The lowest BCUT2D eigenvalue weighted by atomic mass is 10.1. The molecule has 0 N–H and O–H groups in total. The van der Waals surface area contributed by atoms with Gasteiger partial charge in [-0.2, -0.15) is 5.10 Å². The van der Waals surface area contributed by atoms with Crippen molar-refractivity contribution in [3.8, 4) is 16.9 Å². The third-order valence-electron chi connectivity index (χ3n) is 3.11. The molecule has 0 aliphatic carbocycles. The molecule has 3 aromatic rings. The molecule has 0 saturated heterocycles. The Kier molecular flexibility index (Phi) is 3.63. The standard InChI is InChI=1S/C15H10N6O/c16-20-18-15-13(10-22)14(11-6-8-17-9-7-11)19-21(15)12-4-2-1-3-5-12/h1-10H. The topological polar surface area (TPSA) is 96.5 Å². The highest BCUT2D eigenvalue weighted by Gasteiger charge is 2.18. The van der Waals surface area contributed by atoms with E-state index in [-0.39, 0.29) is 11.4 Å². The van der Waals surface area contributed by atoms with Crippen molar-refractivity contribution >= 4 is 12.1 Å². The maximum Gasteiger partial charge on any atom is 0.154 e. The van der Waals surface area contributed by atoms with Crippen LogP contribution in [0.1, 0.15) is 10.4 Å². The van der Waals surface area contributed by atoms with Gasteiger partial charge >= 0.3 is 0 Å². The smallest absolute Gasteiger partial charge is 0.154 e. The Morgan fingerprint density at radius 3 is 2.50 bits per heavy atom. The van der Waals surface area contributed by atoms with Gasteiger partial charge in [-0.15, -0.1) is 0 Å². The highest BCUT2D eigenvalue weighted by atomic mass is 16.1. The number of nitrogens with zero attached hydrogens (tertiary/aromatic N) is 6. The zero-order valence-corrected chi connectivity index (χ0v) is 11.4. The molecule has 0 amide bonds. The summed E-state index contributed by atoms with van der Waals surface area (Å²) in [6, 6.07) is 12.6. The molecule has 1 aromatic carbocycles. The maximum atomic E-state index is 11.5. The van der Waals surface area contributed by atoms with Crippen LogP contribution in [0.3, 0.4) is 0 Å². The predicted molar refractivity (Wildman–Crippen MR) is 81.0 cm³/mol. The first-order chi connectivity index (χ1) is 10.8. The second-order valence-corrected chi connectivity index (χ2v) is 4.38. The molecule has 0 aliphatic heterocycles. The molecule has 0 fully saturated rings. The van der Waals surface area contributed by atoms with Crippen LogP contribution in [0.4, 0.5) is 5.82 Å². The molecule has 0 spiro atoms. The number of azide groups is 1. The Bertz CT molecular complexity index is 850. The molecule has 3 rings (SSSR count). The Morgan fingerprint density at radius 2 is 1.86 bits per heavy atom. The van der Waals surface area contributed by atoms with Gasteiger partial charge in [0.2, 0.25) is 0 Å². The number of aromatic nitrogens is 3. The van der Waals surface area contributed by atoms with Crippen LogP contribution in [-0.2, 0) is 0 Å². The summed E-state index contributed by atoms with van der Waals surface area (Å²) in [5.41, 5.74) is 10.9. The summed E-state index contributed by atoms with van der Waals surface area (Å²) < 4.78 is 1.46. The van der Waals surface area contributed by atoms with Crippen LogP contribution >= 0.6 is 0 Å². The molecule has 2 aromatic heterocycles. The summed E-state index contributed by atoms with van der Waals surface area (Å²) in [6.07, 6.45) is 3.86. The van der Waals surface area contributed by atoms with Crippen LogP contribution < -0.4 is 0 Å². The number of carbonyl (C=O) groups excluding carboxylic acids is 1. The fraction of sp³-hybridized carbons (Fsp3) is 0. The zero-order valence-electron chi connectivity index (χ0n) is 11.4. The van der Waals surface area contributed by atoms with E-state index in [1.165, 1.54) is 4.68 Å². The number of para-hydroxylation sites is 1. The number of carbonyl (C=O) groups is 1. The van der Waals surface area contributed by atoms with Gasteiger partial charge in [0.25, 0.3) is 0 Å². The molecule has 7 heteroatoms. The van der Waals surface area contributed by atoms with E-state index in [0.717, 1.165) is 5.56 Å². The fourth-order valence-corrected chi connectivity index (χ4v) is 2.14. The first kappa shape index (κ1) is 13.5. The van der Waals surface area contributed by atoms with Crippen LogP contribution in [0, 0.1) is 0 Å². The molecule has 106 valence electrons. The Labute approximate surface area is 125 Å². The number of hydrogen-bond donors (Lipinski definition) is 0. The predicted octanol–water partition coefficient (Wildman–Crippen LogP) is 3.69. The van der Waals surface area contributed by atoms with Gasteiger partial charge < -0.3 is 0 Å². The monoisotopic (exact) mass is 290 g/mol. The Balaban J connectivity index is 2.29. The number of aldehydes is 1. The van der Waals surface area contributed by atoms with E-state index in [0.29, 0.717) is 17.7 Å². The molecular weight excluding hydrogens is 280 g/mol. The summed E-state index contributed by atoms with van der Waals surface area (Å²) >= 11 is 0. The number of rotatable bonds is 4. The summed E-state index contributed by atoms with van der Waals surface area (Å²) in [6.45, 7) is 0. The van der Waals surface area contributed by atoms with Gasteiger partial charge in [0, 0.05) is 22.9 Å². The minimum Gasteiger partial charge on any atom is -0.298 e. The first-order valence-corrected chi connectivity index (χ1v) is 6.44. The molecular formula is C15H10N6O. The quantitative estimate of drug-likeness (QED) is 0.317. The highest BCUT2D eigenvalue weighted by Crippen LogP contribution is 2.31. The van der Waals surface area contributed by atoms with Crippen molar-refractivity contribution in [1.82, 2.24) is 14.8 Å². The van der Waals surface area contributed by atoms with E-state index >= 15 is 0 Å². The molecule has 0 aliphatic rings. The van der Waals surface area contributed by atoms with Gasteiger partial charge in [-0.25, -0.2) is 4.68 Å². The number of pyridine rings is 1. The van der Waals surface area contributed by atoms with Crippen LogP contribution in [0.2, 0.25) is 0 Å². The van der Waals surface area contributed by atoms with Crippen LogP contribution in [0.5, 0.6) is 0 Å². The lowest BCUT2D eigenvalue weighted by molar-refractivity contribution is 0.112. The number of benzene rings is 1. The van der Waals surface area contributed by atoms with E-state index in [1.807, 2.05) is 30.3 Å². The van der Waals surface area contributed by atoms with Crippen molar-refractivity contribution in [2.75, 3.05) is 0 Å². The van der Waals surface area contributed by atoms with Gasteiger partial charge in [-0.05, 0) is 34.9 Å². The van der Waals surface area contributed by atoms with Gasteiger partial charge in [0.05, 0.1) is 11.3 Å². The minimum atomic E-state index is 0.163. The Hall–Kier alpha value is -3.44. The minimum absolute atomic E-state index is 0.163. The molecule has 0 unspecified atom stereocenters. The highest BCUT2D eigenvalue weighted by molar-refractivity contribution is 5.91. The van der Waals surface area contributed by atoms with E-state index in [1.54, 1.807) is 24.5 Å². The molecule has 0 radical (unpaired) electrons. The van der Waals surface area contributed by atoms with Crippen LogP contribution in [-0.4, -0.2) is 21.1 Å². The summed E-state index contributed by atoms with van der Waals surface area (Å²) in [5, 5.41) is 8.07. The van der Waals surface area contributed by atoms with Crippen molar-refractivity contribution in [3.63, 3.8) is 0 Å². The summed E-state index contributed by atoms with van der Waals surface area (Å²) in [5.74, 6) is 0.163. The van der Waals surface area contributed by atoms with Crippen molar-refractivity contribution in [2.24, 2.45) is 5.11 Å². The van der Waals surface area contributed by atoms with Crippen molar-refractivity contribution < 1.29 is 4.79 Å². The summed E-state index contributed by atoms with van der Waals surface area (Å²) in [4.78, 5) is 18.2. The first-order valence-electron chi connectivity index (χ1n) is 6.44. The second kappa shape index (κ2) is 5.90. The molecule has 2 heterocycles. The van der Waals surface area contributed by atoms with Gasteiger partial charge in [-0.3, -0.25) is 9.78 Å². The third kappa shape index (κ3) is 2.32. The average molecular weight is 290 g/mol. The molecule has 7 nitrogen and oxygen atoms in total. The van der Waals surface area contributed by atoms with Gasteiger partial charge in [-0.1, -0.05) is 18.2 Å². The Morgan fingerprint density at radius 1 is 1.14 bits per heavy atom. The van der Waals surface area contributed by atoms with E-state index in [4.69, 9.17) is 5.53 Å². The number of hydrogen-bond acceptors (Lipinski definition) is 4. The van der Waals surface area contributed by atoms with Crippen molar-refractivity contribution in [1.29, 1.82) is 0 Å². The lowest BCUT2D eigenvalue weighted by Crippen LogP contribution is -1.95. The third-order valence-corrected chi connectivity index (χ3v) is 3.11. The second-order valence-electron chi connectivity index (χ2n) is 4.38. The molecule has 0 saturated carbocycles. The molecule has 0 atom stereocenters. The van der Waals surface area contributed by atoms with Gasteiger partial charge in [0.15, 0.2) is 6.29 Å². The maximum absolute atomic E-state index is 11.5. The summed E-state index contributed by atoms with van der Waals surface area (Å²) in [7, 11) is 0. The molecule has 22 heavy (non-hydrogen) atoms. The zero-order chi connectivity index (χ0) is 15.4. The SMILES string of the molecule is [N-]=[N+]=Nc1c(C=O)c(-c2ccncc2)nn1-c1ccccc1. The van der Waals surface area contributed by atoms with E-state index < -0.39 is 0 Å². The van der Waals surface area contributed by atoms with Crippen molar-refractivity contribution in [3.05, 3.63) is 70.9 Å². The van der Waals surface area contributed by atoms with Crippen LogP contribution in [0.25, 0.3) is 27.4 Å².